The van der Waals surface area contributed by atoms with Crippen LogP contribution in [0.25, 0.3) is 10.2 Å². The quantitative estimate of drug-likeness (QED) is 0.368. The second-order valence-corrected chi connectivity index (χ2v) is 7.87. The van der Waals surface area contributed by atoms with E-state index in [9.17, 15) is 4.79 Å². The third-order valence-corrected chi connectivity index (χ3v) is 5.92. The van der Waals surface area contributed by atoms with Gasteiger partial charge in [0.25, 0.3) is 0 Å². The molecule has 0 radical (unpaired) electrons. The molecule has 0 aliphatic carbocycles. The van der Waals surface area contributed by atoms with Crippen molar-refractivity contribution in [1.29, 1.82) is 0 Å². The Morgan fingerprint density at radius 1 is 1.00 bits per heavy atom. The molecule has 2 aromatic carbocycles. The normalized spacial score (nSPS) is 10.7. The number of hydrogen-bond acceptors (Lipinski definition) is 7. The summed E-state index contributed by atoms with van der Waals surface area (Å²) in [6.07, 6.45) is 3.66. The van der Waals surface area contributed by atoms with Crippen LogP contribution < -0.4 is 19.1 Å². The van der Waals surface area contributed by atoms with Crippen LogP contribution in [0, 0.1) is 0 Å². The molecule has 8 heteroatoms. The van der Waals surface area contributed by atoms with Crippen LogP contribution in [0.15, 0.2) is 67.0 Å². The number of rotatable bonds is 9. The molecular weight excluding hydrogens is 426 g/mol. The number of para-hydroxylation sites is 1. The van der Waals surface area contributed by atoms with E-state index < -0.39 is 0 Å². The number of methoxy groups -OCH3 is 2. The lowest BCUT2D eigenvalue weighted by Gasteiger charge is -2.20. The summed E-state index contributed by atoms with van der Waals surface area (Å²) in [7, 11) is 3.21. The summed E-state index contributed by atoms with van der Waals surface area (Å²) in [6, 6.07) is 16.9. The second-order valence-electron chi connectivity index (χ2n) is 6.90. The Labute approximate surface area is 190 Å². The summed E-state index contributed by atoms with van der Waals surface area (Å²) in [5.41, 5.74) is 1.57. The smallest absolute Gasteiger partial charge is 0.232 e. The molecule has 164 valence electrons. The van der Waals surface area contributed by atoms with Gasteiger partial charge in [0, 0.05) is 12.4 Å². The van der Waals surface area contributed by atoms with E-state index in [0.717, 1.165) is 16.0 Å². The van der Waals surface area contributed by atoms with Crippen molar-refractivity contribution in [3.63, 3.8) is 0 Å². The first-order valence-electron chi connectivity index (χ1n) is 10.1. The number of thiazole rings is 1. The van der Waals surface area contributed by atoms with Gasteiger partial charge in [0.05, 0.1) is 33.8 Å². The number of aromatic nitrogens is 2. The van der Waals surface area contributed by atoms with Crippen LogP contribution in [-0.4, -0.2) is 36.7 Å². The molecule has 0 N–H and O–H groups in total. The lowest BCUT2D eigenvalue weighted by atomic mass is 10.2. The standard InChI is InChI=1S/C24H23N3O4S/c1-29-19-10-11-20(30-2)23-22(19)26-24(32-23)27(16-17-7-6-13-25-15-17)21(28)12-14-31-18-8-4-3-5-9-18/h3-11,13,15H,12,14,16H2,1-2H3. The topological polar surface area (TPSA) is 73.8 Å². The highest BCUT2D eigenvalue weighted by Gasteiger charge is 2.23. The molecule has 32 heavy (non-hydrogen) atoms. The number of fused-ring (bicyclic) bond motifs is 1. The number of carbonyl (C=O) groups is 1. The maximum absolute atomic E-state index is 13.3. The van der Waals surface area contributed by atoms with E-state index in [0.29, 0.717) is 28.7 Å². The highest BCUT2D eigenvalue weighted by Crippen LogP contribution is 2.40. The third-order valence-electron chi connectivity index (χ3n) is 4.82. The van der Waals surface area contributed by atoms with Crippen molar-refractivity contribution in [2.75, 3.05) is 25.7 Å². The second kappa shape index (κ2) is 10.1. The summed E-state index contributed by atoms with van der Waals surface area (Å²) in [5.74, 6) is 1.95. The van der Waals surface area contributed by atoms with Crippen molar-refractivity contribution >= 4 is 32.6 Å². The maximum Gasteiger partial charge on any atom is 0.232 e. The monoisotopic (exact) mass is 449 g/mol. The van der Waals surface area contributed by atoms with Crippen LogP contribution in [0.2, 0.25) is 0 Å². The van der Waals surface area contributed by atoms with Gasteiger partial charge in [0.15, 0.2) is 5.13 Å². The van der Waals surface area contributed by atoms with E-state index in [2.05, 4.69) is 4.98 Å². The predicted molar refractivity (Wildman–Crippen MR) is 125 cm³/mol. The lowest BCUT2D eigenvalue weighted by molar-refractivity contribution is -0.119. The van der Waals surface area contributed by atoms with E-state index in [-0.39, 0.29) is 18.9 Å². The van der Waals surface area contributed by atoms with Crippen molar-refractivity contribution in [3.05, 3.63) is 72.6 Å². The Kier molecular flexibility index (Phi) is 6.81. The molecule has 0 fully saturated rings. The molecule has 2 aromatic heterocycles. The highest BCUT2D eigenvalue weighted by molar-refractivity contribution is 7.22. The van der Waals surface area contributed by atoms with Crippen LogP contribution in [0.4, 0.5) is 5.13 Å². The molecule has 0 aliphatic rings. The summed E-state index contributed by atoms with van der Waals surface area (Å²) in [5, 5.41) is 0.566. The fourth-order valence-electron chi connectivity index (χ4n) is 3.23. The first kappa shape index (κ1) is 21.6. The zero-order valence-corrected chi connectivity index (χ0v) is 18.7. The minimum Gasteiger partial charge on any atom is -0.495 e. The molecule has 4 rings (SSSR count). The molecule has 0 bridgehead atoms. The molecule has 7 nitrogen and oxygen atoms in total. The van der Waals surface area contributed by atoms with Gasteiger partial charge < -0.3 is 14.2 Å². The molecule has 0 spiro atoms. The summed E-state index contributed by atoms with van der Waals surface area (Å²) < 4.78 is 17.5. The molecule has 2 heterocycles. The number of anilines is 1. The predicted octanol–water partition coefficient (Wildman–Crippen LogP) is 4.71. The Morgan fingerprint density at radius 2 is 1.78 bits per heavy atom. The van der Waals surface area contributed by atoms with Crippen molar-refractivity contribution in [2.24, 2.45) is 0 Å². The molecule has 0 saturated carbocycles. The van der Waals surface area contributed by atoms with Gasteiger partial charge >= 0.3 is 0 Å². The molecule has 0 unspecified atom stereocenters. The zero-order valence-electron chi connectivity index (χ0n) is 17.9. The number of pyridine rings is 1. The van der Waals surface area contributed by atoms with E-state index in [1.807, 2.05) is 54.6 Å². The Morgan fingerprint density at radius 3 is 2.50 bits per heavy atom. The number of benzene rings is 2. The summed E-state index contributed by atoms with van der Waals surface area (Å²) in [6.45, 7) is 0.617. The van der Waals surface area contributed by atoms with Gasteiger partial charge in [0.2, 0.25) is 5.91 Å². The van der Waals surface area contributed by atoms with Gasteiger partial charge in [-0.2, -0.15) is 0 Å². The molecule has 4 aromatic rings. The molecule has 0 atom stereocenters. The zero-order chi connectivity index (χ0) is 22.3. The Bertz CT molecular complexity index is 1140. The number of hydrogen-bond donors (Lipinski definition) is 0. The SMILES string of the molecule is COc1ccc(OC)c2sc(N(Cc3cccnc3)C(=O)CCOc3ccccc3)nc12. The molecule has 0 aliphatic heterocycles. The first-order chi connectivity index (χ1) is 15.7. The Hall–Kier alpha value is -3.65. The molecule has 1 amide bonds. The number of ether oxygens (including phenoxy) is 3. The van der Waals surface area contributed by atoms with E-state index in [4.69, 9.17) is 19.2 Å². The third kappa shape index (κ3) is 4.81. The van der Waals surface area contributed by atoms with E-state index in [1.54, 1.807) is 31.5 Å². The Balaban J connectivity index is 1.62. The number of carbonyl (C=O) groups excluding carboxylic acids is 1. The van der Waals surface area contributed by atoms with Crippen molar-refractivity contribution in [3.8, 4) is 17.2 Å². The minimum atomic E-state index is -0.0956. The van der Waals surface area contributed by atoms with E-state index >= 15 is 0 Å². The van der Waals surface area contributed by atoms with Crippen molar-refractivity contribution in [1.82, 2.24) is 9.97 Å². The van der Waals surface area contributed by atoms with Gasteiger partial charge in [-0.1, -0.05) is 35.6 Å². The van der Waals surface area contributed by atoms with Crippen molar-refractivity contribution in [2.45, 2.75) is 13.0 Å². The number of amides is 1. The summed E-state index contributed by atoms with van der Waals surface area (Å²) >= 11 is 1.39. The average molecular weight is 450 g/mol. The van der Waals surface area contributed by atoms with Crippen LogP contribution in [0.1, 0.15) is 12.0 Å². The lowest BCUT2D eigenvalue weighted by Crippen LogP contribution is -2.31. The first-order valence-corrected chi connectivity index (χ1v) is 10.9. The van der Waals surface area contributed by atoms with Gasteiger partial charge in [-0.25, -0.2) is 4.98 Å². The largest absolute Gasteiger partial charge is 0.495 e. The van der Waals surface area contributed by atoms with Gasteiger partial charge in [-0.05, 0) is 35.9 Å². The molecule has 0 saturated heterocycles. The summed E-state index contributed by atoms with van der Waals surface area (Å²) in [4.78, 5) is 23.8. The van der Waals surface area contributed by atoms with Crippen LogP contribution >= 0.6 is 11.3 Å². The van der Waals surface area contributed by atoms with Gasteiger partial charge in [-0.15, -0.1) is 0 Å². The van der Waals surface area contributed by atoms with Crippen LogP contribution in [0.3, 0.4) is 0 Å². The number of nitrogens with zero attached hydrogens (tertiary/aromatic N) is 3. The fraction of sp³-hybridized carbons (Fsp3) is 0.208. The van der Waals surface area contributed by atoms with Crippen LogP contribution in [0.5, 0.6) is 17.2 Å². The van der Waals surface area contributed by atoms with Gasteiger partial charge in [0.1, 0.15) is 27.5 Å². The fourth-order valence-corrected chi connectivity index (χ4v) is 4.33. The van der Waals surface area contributed by atoms with E-state index in [1.165, 1.54) is 11.3 Å². The van der Waals surface area contributed by atoms with Crippen molar-refractivity contribution < 1.29 is 19.0 Å². The minimum absolute atomic E-state index is 0.0956. The maximum atomic E-state index is 13.3. The average Bonchev–Trinajstić information content (AvgIpc) is 3.28. The van der Waals surface area contributed by atoms with Gasteiger partial charge in [-0.3, -0.25) is 14.7 Å². The highest BCUT2D eigenvalue weighted by atomic mass is 32.1. The molecular formula is C24H23N3O4S. The van der Waals surface area contributed by atoms with Crippen LogP contribution in [-0.2, 0) is 11.3 Å².